The fourth-order valence-corrected chi connectivity index (χ4v) is 1.38. The third-order valence-electron chi connectivity index (χ3n) is 2.17. The summed E-state index contributed by atoms with van der Waals surface area (Å²) in [4.78, 5) is 15.7. The molecule has 0 aliphatic heterocycles. The van der Waals surface area contributed by atoms with E-state index in [-0.39, 0.29) is 0 Å². The van der Waals surface area contributed by atoms with Gasteiger partial charge >= 0.3 is 5.97 Å². The first-order valence-electron chi connectivity index (χ1n) is 5.05. The van der Waals surface area contributed by atoms with Gasteiger partial charge in [0.1, 0.15) is 5.75 Å². The van der Waals surface area contributed by atoms with Crippen molar-refractivity contribution in [1.29, 1.82) is 0 Å². The molecule has 0 radical (unpaired) electrons. The van der Waals surface area contributed by atoms with Crippen LogP contribution in [0.4, 0.5) is 0 Å². The highest BCUT2D eigenvalue weighted by Gasteiger charge is 2.08. The van der Waals surface area contributed by atoms with E-state index < -0.39 is 5.97 Å². The summed E-state index contributed by atoms with van der Waals surface area (Å²) in [5, 5.41) is 0.599. The Morgan fingerprint density at radius 1 is 1.18 bits per heavy atom. The van der Waals surface area contributed by atoms with Crippen molar-refractivity contribution in [3.8, 4) is 5.75 Å². The summed E-state index contributed by atoms with van der Waals surface area (Å²) in [6.45, 7) is 1.86. The van der Waals surface area contributed by atoms with E-state index in [0.29, 0.717) is 16.3 Å². The molecule has 0 unspecified atom stereocenters. The van der Waals surface area contributed by atoms with Crippen molar-refractivity contribution in [3.05, 3.63) is 58.9 Å². The number of aromatic nitrogens is 1. The number of aryl methyl sites for hydroxylation is 1. The standard InChI is InChI=1S/C13H10ClNO2/c1-9-2-3-10(8-15-9)13(16)17-12-6-4-11(14)5-7-12/h2-8H,1H3. The zero-order valence-corrected chi connectivity index (χ0v) is 9.94. The number of rotatable bonds is 2. The van der Waals surface area contributed by atoms with E-state index in [2.05, 4.69) is 4.98 Å². The van der Waals surface area contributed by atoms with E-state index >= 15 is 0 Å². The van der Waals surface area contributed by atoms with Crippen LogP contribution < -0.4 is 4.74 Å². The Bertz CT molecular complexity index is 520. The SMILES string of the molecule is Cc1ccc(C(=O)Oc2ccc(Cl)cc2)cn1. The fourth-order valence-electron chi connectivity index (χ4n) is 1.26. The lowest BCUT2D eigenvalue weighted by Gasteiger charge is -2.04. The Morgan fingerprint density at radius 3 is 2.47 bits per heavy atom. The van der Waals surface area contributed by atoms with Gasteiger partial charge in [-0.3, -0.25) is 4.98 Å². The Hall–Kier alpha value is -1.87. The summed E-state index contributed by atoms with van der Waals surface area (Å²) in [5.74, 6) is 0.0276. The van der Waals surface area contributed by atoms with E-state index in [1.807, 2.05) is 6.92 Å². The second kappa shape index (κ2) is 4.97. The maximum absolute atomic E-state index is 11.7. The van der Waals surface area contributed by atoms with Gasteiger partial charge in [-0.05, 0) is 43.3 Å². The molecule has 0 atom stereocenters. The van der Waals surface area contributed by atoms with E-state index in [1.54, 1.807) is 36.4 Å². The molecule has 17 heavy (non-hydrogen) atoms. The van der Waals surface area contributed by atoms with E-state index in [9.17, 15) is 4.79 Å². The van der Waals surface area contributed by atoms with Gasteiger partial charge in [0.15, 0.2) is 0 Å². The minimum Gasteiger partial charge on any atom is -0.423 e. The van der Waals surface area contributed by atoms with Gasteiger partial charge in [-0.25, -0.2) is 4.79 Å². The van der Waals surface area contributed by atoms with Gasteiger partial charge in [0, 0.05) is 16.9 Å². The molecular formula is C13H10ClNO2. The van der Waals surface area contributed by atoms with Crippen molar-refractivity contribution < 1.29 is 9.53 Å². The summed E-state index contributed by atoms with van der Waals surface area (Å²) in [7, 11) is 0. The van der Waals surface area contributed by atoms with Gasteiger partial charge in [0.25, 0.3) is 0 Å². The highest BCUT2D eigenvalue weighted by Crippen LogP contribution is 2.16. The predicted molar refractivity (Wildman–Crippen MR) is 65.4 cm³/mol. The van der Waals surface area contributed by atoms with Crippen molar-refractivity contribution in [3.63, 3.8) is 0 Å². The summed E-state index contributed by atoms with van der Waals surface area (Å²) >= 11 is 5.73. The van der Waals surface area contributed by atoms with E-state index in [0.717, 1.165) is 5.69 Å². The number of esters is 1. The molecule has 0 spiro atoms. The number of halogens is 1. The second-order valence-electron chi connectivity index (χ2n) is 3.53. The monoisotopic (exact) mass is 247 g/mol. The van der Waals surface area contributed by atoms with Gasteiger partial charge in [-0.1, -0.05) is 11.6 Å². The Kier molecular flexibility index (Phi) is 3.40. The van der Waals surface area contributed by atoms with Crippen molar-refractivity contribution in [1.82, 2.24) is 4.98 Å². The van der Waals surface area contributed by atoms with Crippen LogP contribution in [0.1, 0.15) is 16.1 Å². The maximum atomic E-state index is 11.7. The topological polar surface area (TPSA) is 39.2 Å². The lowest BCUT2D eigenvalue weighted by molar-refractivity contribution is 0.0734. The number of nitrogens with zero attached hydrogens (tertiary/aromatic N) is 1. The molecule has 0 saturated heterocycles. The van der Waals surface area contributed by atoms with Crippen LogP contribution in [0.25, 0.3) is 0 Å². The number of hydrogen-bond acceptors (Lipinski definition) is 3. The summed E-state index contributed by atoms with van der Waals surface area (Å²) in [6.07, 6.45) is 1.49. The first kappa shape index (κ1) is 11.6. The molecule has 1 heterocycles. The van der Waals surface area contributed by atoms with Gasteiger partial charge in [-0.15, -0.1) is 0 Å². The third-order valence-corrected chi connectivity index (χ3v) is 2.42. The average Bonchev–Trinajstić information content (AvgIpc) is 2.33. The van der Waals surface area contributed by atoms with Crippen molar-refractivity contribution in [2.45, 2.75) is 6.92 Å². The molecule has 4 heteroatoms. The molecule has 2 aromatic rings. The molecule has 0 N–H and O–H groups in total. The zero-order chi connectivity index (χ0) is 12.3. The molecule has 0 saturated carbocycles. The van der Waals surface area contributed by atoms with Crippen LogP contribution in [-0.2, 0) is 0 Å². The fraction of sp³-hybridized carbons (Fsp3) is 0.0769. The lowest BCUT2D eigenvalue weighted by atomic mass is 10.2. The molecule has 0 fully saturated rings. The van der Waals surface area contributed by atoms with Crippen LogP contribution in [-0.4, -0.2) is 11.0 Å². The van der Waals surface area contributed by atoms with Crippen LogP contribution in [0.5, 0.6) is 5.75 Å². The van der Waals surface area contributed by atoms with E-state index in [1.165, 1.54) is 6.20 Å². The highest BCUT2D eigenvalue weighted by atomic mass is 35.5. The number of carbonyl (C=O) groups excluding carboxylic acids is 1. The summed E-state index contributed by atoms with van der Waals surface area (Å²) in [5.41, 5.74) is 1.28. The molecule has 1 aromatic carbocycles. The van der Waals surface area contributed by atoms with E-state index in [4.69, 9.17) is 16.3 Å². The number of hydrogen-bond donors (Lipinski definition) is 0. The Balaban J connectivity index is 2.11. The Labute approximate surface area is 104 Å². The Morgan fingerprint density at radius 2 is 1.88 bits per heavy atom. The smallest absolute Gasteiger partial charge is 0.345 e. The van der Waals surface area contributed by atoms with Gasteiger partial charge in [-0.2, -0.15) is 0 Å². The second-order valence-corrected chi connectivity index (χ2v) is 3.97. The number of benzene rings is 1. The maximum Gasteiger partial charge on any atom is 0.345 e. The molecule has 0 bridgehead atoms. The minimum absolute atomic E-state index is 0.422. The molecule has 0 aliphatic carbocycles. The van der Waals surface area contributed by atoms with Crippen molar-refractivity contribution >= 4 is 17.6 Å². The molecule has 86 valence electrons. The third kappa shape index (κ3) is 3.04. The molecule has 1 aromatic heterocycles. The summed E-state index contributed by atoms with van der Waals surface area (Å²) in [6, 6.07) is 10.1. The normalized spacial score (nSPS) is 10.0. The van der Waals surface area contributed by atoms with Crippen LogP contribution in [0.15, 0.2) is 42.6 Å². The number of ether oxygens (including phenoxy) is 1. The van der Waals surface area contributed by atoms with Crippen LogP contribution in [0.3, 0.4) is 0 Å². The van der Waals surface area contributed by atoms with Crippen molar-refractivity contribution in [2.75, 3.05) is 0 Å². The van der Waals surface area contributed by atoms with Gasteiger partial charge in [0.2, 0.25) is 0 Å². The van der Waals surface area contributed by atoms with Crippen LogP contribution in [0.2, 0.25) is 5.02 Å². The first-order chi connectivity index (χ1) is 8.15. The molecular weight excluding hydrogens is 238 g/mol. The van der Waals surface area contributed by atoms with Gasteiger partial charge in [0.05, 0.1) is 5.56 Å². The van der Waals surface area contributed by atoms with Gasteiger partial charge < -0.3 is 4.74 Å². The molecule has 0 amide bonds. The predicted octanol–water partition coefficient (Wildman–Crippen LogP) is 3.26. The first-order valence-corrected chi connectivity index (χ1v) is 5.43. The molecule has 2 rings (SSSR count). The van der Waals surface area contributed by atoms with Crippen LogP contribution in [0, 0.1) is 6.92 Å². The minimum atomic E-state index is -0.431. The molecule has 0 aliphatic rings. The largest absolute Gasteiger partial charge is 0.423 e. The average molecular weight is 248 g/mol. The number of pyridine rings is 1. The molecule has 3 nitrogen and oxygen atoms in total. The summed E-state index contributed by atoms with van der Waals surface area (Å²) < 4.78 is 5.16. The quantitative estimate of drug-likeness (QED) is 0.604. The van der Waals surface area contributed by atoms with Crippen molar-refractivity contribution in [2.24, 2.45) is 0 Å². The zero-order valence-electron chi connectivity index (χ0n) is 9.18. The highest BCUT2D eigenvalue weighted by molar-refractivity contribution is 6.30. The number of carbonyl (C=O) groups is 1. The van der Waals surface area contributed by atoms with Crippen LogP contribution >= 0.6 is 11.6 Å². The lowest BCUT2D eigenvalue weighted by Crippen LogP contribution is -2.08.